The van der Waals surface area contributed by atoms with Crippen molar-refractivity contribution in [3.63, 3.8) is 0 Å². The molecule has 0 atom stereocenters. The van der Waals surface area contributed by atoms with Crippen LogP contribution in [0.5, 0.6) is 0 Å². The normalized spacial score (nSPS) is 11.6. The van der Waals surface area contributed by atoms with E-state index in [0.29, 0.717) is 17.5 Å². The van der Waals surface area contributed by atoms with E-state index in [2.05, 4.69) is 146 Å². The highest BCUT2D eigenvalue weighted by atomic mass is 32.1. The van der Waals surface area contributed by atoms with Gasteiger partial charge in [0.05, 0.1) is 5.56 Å². The maximum absolute atomic E-state index is 6.86. The van der Waals surface area contributed by atoms with Crippen molar-refractivity contribution in [1.82, 2.24) is 15.0 Å². The Bertz CT molecular complexity index is 3240. The number of fused-ring (bicyclic) bond motifs is 6. The monoisotopic (exact) mass is 733 g/mol. The van der Waals surface area contributed by atoms with E-state index < -0.39 is 0 Å². The maximum atomic E-state index is 6.86. The van der Waals surface area contributed by atoms with Crippen molar-refractivity contribution < 1.29 is 4.42 Å². The van der Waals surface area contributed by atoms with Crippen LogP contribution in [0.25, 0.3) is 110 Å². The van der Waals surface area contributed by atoms with Crippen molar-refractivity contribution >= 4 is 53.4 Å². The second-order valence-corrected chi connectivity index (χ2v) is 15.0. The average molecular weight is 734 g/mol. The zero-order valence-electron chi connectivity index (χ0n) is 30.1. The minimum atomic E-state index is 0.561. The molecule has 0 radical (unpaired) electrons. The first kappa shape index (κ1) is 32.2. The second-order valence-electron chi connectivity index (χ2n) is 14.0. The van der Waals surface area contributed by atoms with Crippen LogP contribution in [-0.2, 0) is 0 Å². The van der Waals surface area contributed by atoms with Crippen LogP contribution in [0, 0.1) is 0 Å². The standard InChI is InChI=1S/C51H31N3OS/c1-4-14-32(15-5-1)35-20-12-21-37(28-35)50-52-49(34-18-8-3-9-19-34)53-51(54-50)42-24-13-23-41-39-27-26-36(31-45(39)55-47(41)42)43-29-38(33-16-6-2-7-17-33)30-44-40-22-10-11-25-46(40)56-48(43)44/h1-31H. The lowest BCUT2D eigenvalue weighted by molar-refractivity contribution is 0.669. The Balaban J connectivity index is 1.08. The molecule has 0 bridgehead atoms. The minimum absolute atomic E-state index is 0.561. The highest BCUT2D eigenvalue weighted by Crippen LogP contribution is 2.44. The molecule has 0 spiro atoms. The molecule has 56 heavy (non-hydrogen) atoms. The highest BCUT2D eigenvalue weighted by Gasteiger charge is 2.20. The molecule has 8 aromatic carbocycles. The van der Waals surface area contributed by atoms with Crippen molar-refractivity contribution in [2.75, 3.05) is 0 Å². The van der Waals surface area contributed by atoms with Gasteiger partial charge < -0.3 is 4.42 Å². The first-order valence-corrected chi connectivity index (χ1v) is 19.5. The number of furan rings is 1. The van der Waals surface area contributed by atoms with Crippen molar-refractivity contribution in [3.8, 4) is 67.5 Å². The van der Waals surface area contributed by atoms with E-state index in [-0.39, 0.29) is 0 Å². The molecule has 0 saturated carbocycles. The first-order valence-electron chi connectivity index (χ1n) is 18.7. The Labute approximate surface area is 327 Å². The number of nitrogens with zero attached hydrogens (tertiary/aromatic N) is 3. The van der Waals surface area contributed by atoms with Crippen LogP contribution in [0.15, 0.2) is 192 Å². The Morgan fingerprint density at radius 3 is 1.73 bits per heavy atom. The van der Waals surface area contributed by atoms with Crippen LogP contribution in [0.3, 0.4) is 0 Å². The number of rotatable bonds is 6. The summed E-state index contributed by atoms with van der Waals surface area (Å²) < 4.78 is 9.40. The third-order valence-electron chi connectivity index (χ3n) is 10.5. The topological polar surface area (TPSA) is 51.8 Å². The van der Waals surface area contributed by atoms with Gasteiger partial charge in [0.1, 0.15) is 11.2 Å². The molecule has 5 heteroatoms. The number of thiophene rings is 1. The molecular formula is C51H31N3OS. The molecule has 0 aliphatic carbocycles. The van der Waals surface area contributed by atoms with Gasteiger partial charge in [-0.15, -0.1) is 11.3 Å². The number of hydrogen-bond donors (Lipinski definition) is 0. The molecule has 11 aromatic rings. The quantitative estimate of drug-likeness (QED) is 0.171. The van der Waals surface area contributed by atoms with E-state index in [1.165, 1.54) is 36.9 Å². The molecule has 3 aromatic heterocycles. The van der Waals surface area contributed by atoms with Gasteiger partial charge in [-0.05, 0) is 70.3 Å². The largest absolute Gasteiger partial charge is 0.455 e. The van der Waals surface area contributed by atoms with Gasteiger partial charge in [0.15, 0.2) is 17.5 Å². The lowest BCUT2D eigenvalue weighted by atomic mass is 9.95. The lowest BCUT2D eigenvalue weighted by Crippen LogP contribution is -2.00. The van der Waals surface area contributed by atoms with Gasteiger partial charge in [-0.1, -0.05) is 146 Å². The summed E-state index contributed by atoms with van der Waals surface area (Å²) in [6.45, 7) is 0. The molecule has 0 saturated heterocycles. The van der Waals surface area contributed by atoms with Crippen molar-refractivity contribution in [3.05, 3.63) is 188 Å². The molecule has 0 unspecified atom stereocenters. The Hall–Kier alpha value is -7.21. The summed E-state index contributed by atoms with van der Waals surface area (Å²) in [7, 11) is 0. The molecular weight excluding hydrogens is 703 g/mol. The van der Waals surface area contributed by atoms with Crippen LogP contribution in [0.4, 0.5) is 0 Å². The van der Waals surface area contributed by atoms with Gasteiger partial charge in [0.25, 0.3) is 0 Å². The fourth-order valence-corrected chi connectivity index (χ4v) is 9.01. The van der Waals surface area contributed by atoms with E-state index in [9.17, 15) is 0 Å². The molecule has 262 valence electrons. The van der Waals surface area contributed by atoms with Crippen LogP contribution >= 0.6 is 11.3 Å². The molecule has 3 heterocycles. The van der Waals surface area contributed by atoms with Gasteiger partial charge in [-0.2, -0.15) is 0 Å². The summed E-state index contributed by atoms with van der Waals surface area (Å²) in [5, 5.41) is 4.61. The molecule has 0 amide bonds. The van der Waals surface area contributed by atoms with E-state index in [4.69, 9.17) is 19.4 Å². The van der Waals surface area contributed by atoms with Crippen LogP contribution in [0.1, 0.15) is 0 Å². The van der Waals surface area contributed by atoms with Gasteiger partial charge in [0, 0.05) is 47.6 Å². The van der Waals surface area contributed by atoms with Gasteiger partial charge in [-0.25, -0.2) is 15.0 Å². The molecule has 4 nitrogen and oxygen atoms in total. The Kier molecular flexibility index (Phi) is 7.64. The Morgan fingerprint density at radius 2 is 0.946 bits per heavy atom. The summed E-state index contributed by atoms with van der Waals surface area (Å²) in [4.78, 5) is 15.2. The van der Waals surface area contributed by atoms with Gasteiger partial charge >= 0.3 is 0 Å². The molecule has 0 N–H and O–H groups in total. The summed E-state index contributed by atoms with van der Waals surface area (Å²) in [6.07, 6.45) is 0. The SMILES string of the molecule is c1ccc(-c2cccc(-c3nc(-c4ccccc4)nc(-c4cccc5c4oc4cc(-c6cc(-c7ccccc7)cc7c6sc6ccccc67)ccc45)n3)c2)cc1. The number of benzene rings is 8. The number of para-hydroxylation sites is 1. The van der Waals surface area contributed by atoms with Crippen molar-refractivity contribution in [2.45, 2.75) is 0 Å². The fraction of sp³-hybridized carbons (Fsp3) is 0. The fourth-order valence-electron chi connectivity index (χ4n) is 7.79. The summed E-state index contributed by atoms with van der Waals surface area (Å²) in [5.41, 5.74) is 11.1. The van der Waals surface area contributed by atoms with Crippen LogP contribution < -0.4 is 0 Å². The number of hydrogen-bond acceptors (Lipinski definition) is 5. The third-order valence-corrected chi connectivity index (χ3v) is 11.8. The average Bonchev–Trinajstić information content (AvgIpc) is 3.85. The Morgan fingerprint density at radius 1 is 0.339 bits per heavy atom. The van der Waals surface area contributed by atoms with E-state index in [1.807, 2.05) is 53.8 Å². The summed E-state index contributed by atoms with van der Waals surface area (Å²) in [6, 6.07) is 65.7. The zero-order chi connectivity index (χ0) is 37.0. The first-order chi connectivity index (χ1) is 27.7. The zero-order valence-corrected chi connectivity index (χ0v) is 30.9. The second kappa shape index (κ2) is 13.3. The van der Waals surface area contributed by atoms with Gasteiger partial charge in [0.2, 0.25) is 0 Å². The van der Waals surface area contributed by atoms with Crippen molar-refractivity contribution in [1.29, 1.82) is 0 Å². The van der Waals surface area contributed by atoms with E-state index in [0.717, 1.165) is 55.3 Å². The van der Waals surface area contributed by atoms with E-state index >= 15 is 0 Å². The molecule has 0 aliphatic rings. The summed E-state index contributed by atoms with van der Waals surface area (Å²) in [5.74, 6) is 1.77. The third kappa shape index (κ3) is 5.56. The predicted octanol–water partition coefficient (Wildman–Crippen LogP) is 14.1. The molecule has 0 aliphatic heterocycles. The lowest BCUT2D eigenvalue weighted by Gasteiger charge is -2.10. The number of aromatic nitrogens is 3. The molecule has 11 rings (SSSR count). The van der Waals surface area contributed by atoms with E-state index in [1.54, 1.807) is 0 Å². The van der Waals surface area contributed by atoms with Gasteiger partial charge in [-0.3, -0.25) is 0 Å². The predicted molar refractivity (Wildman–Crippen MR) is 233 cm³/mol. The maximum Gasteiger partial charge on any atom is 0.167 e. The smallest absolute Gasteiger partial charge is 0.167 e. The molecule has 0 fully saturated rings. The highest BCUT2D eigenvalue weighted by molar-refractivity contribution is 7.26. The summed E-state index contributed by atoms with van der Waals surface area (Å²) >= 11 is 1.84. The van der Waals surface area contributed by atoms with Crippen LogP contribution in [-0.4, -0.2) is 15.0 Å². The van der Waals surface area contributed by atoms with Crippen LogP contribution in [0.2, 0.25) is 0 Å². The minimum Gasteiger partial charge on any atom is -0.455 e. The van der Waals surface area contributed by atoms with Crippen molar-refractivity contribution in [2.24, 2.45) is 0 Å².